The fourth-order valence-electron chi connectivity index (χ4n) is 3.84. The largest absolute Gasteiger partial charge is 0.462 e. The molecule has 7 heteroatoms. The number of carbonyl (C=O) groups excluding carboxylic acids is 2. The maximum atomic E-state index is 13.9. The second-order valence-electron chi connectivity index (χ2n) is 6.87. The predicted molar refractivity (Wildman–Crippen MR) is 89.3 cm³/mol. The molecule has 26 heavy (non-hydrogen) atoms. The van der Waals surface area contributed by atoms with Gasteiger partial charge in [-0.15, -0.1) is 0 Å². The van der Waals surface area contributed by atoms with Crippen molar-refractivity contribution in [1.82, 2.24) is 0 Å². The van der Waals surface area contributed by atoms with E-state index in [4.69, 9.17) is 14.7 Å². The van der Waals surface area contributed by atoms with Crippen LogP contribution in [0.5, 0.6) is 0 Å². The van der Waals surface area contributed by atoms with Crippen LogP contribution in [0.1, 0.15) is 18.9 Å². The van der Waals surface area contributed by atoms with Crippen LogP contribution in [0.2, 0.25) is 0 Å². The van der Waals surface area contributed by atoms with E-state index in [1.54, 1.807) is 6.07 Å². The Morgan fingerprint density at radius 2 is 2.31 bits per heavy atom. The van der Waals surface area contributed by atoms with Gasteiger partial charge in [0.05, 0.1) is 24.2 Å². The molecule has 6 nitrogen and oxygen atoms in total. The topological polar surface area (TPSA) is 79.6 Å². The number of benzene rings is 1. The zero-order valence-corrected chi connectivity index (χ0v) is 14.1. The van der Waals surface area contributed by atoms with Gasteiger partial charge < -0.3 is 9.47 Å². The van der Waals surface area contributed by atoms with Crippen LogP contribution in [-0.2, 0) is 14.3 Å². The van der Waals surface area contributed by atoms with Crippen LogP contribution in [-0.4, -0.2) is 31.3 Å². The minimum absolute atomic E-state index is 0.0289. The van der Waals surface area contributed by atoms with E-state index in [0.29, 0.717) is 11.6 Å². The highest BCUT2D eigenvalue weighted by Crippen LogP contribution is 2.58. The third-order valence-corrected chi connectivity index (χ3v) is 5.17. The SMILES string of the molecule is CC(=O)OC[C@H]1CN(c2cc(F)ccc2C2=CC3[C@H](C#N)[C@H]3C2)C(=O)O1. The average Bonchev–Trinajstić information content (AvgIpc) is 2.93. The van der Waals surface area contributed by atoms with Crippen LogP contribution in [0.4, 0.5) is 14.9 Å². The molecule has 1 unspecified atom stereocenters. The van der Waals surface area contributed by atoms with E-state index < -0.39 is 24.0 Å². The predicted octanol–water partition coefficient (Wildman–Crippen LogP) is 2.89. The van der Waals surface area contributed by atoms with Gasteiger partial charge in [0.25, 0.3) is 0 Å². The molecule has 1 amide bonds. The number of anilines is 1. The van der Waals surface area contributed by atoms with Gasteiger partial charge in [0.15, 0.2) is 6.10 Å². The van der Waals surface area contributed by atoms with Gasteiger partial charge in [-0.1, -0.05) is 6.08 Å². The number of hydrogen-bond acceptors (Lipinski definition) is 5. The number of esters is 1. The molecule has 0 aromatic heterocycles. The second kappa shape index (κ2) is 6.13. The number of carbonyl (C=O) groups is 2. The molecule has 1 heterocycles. The summed E-state index contributed by atoms with van der Waals surface area (Å²) in [5, 5.41) is 9.05. The molecule has 0 spiro atoms. The minimum Gasteiger partial charge on any atom is -0.462 e. The molecule has 1 aliphatic heterocycles. The van der Waals surface area contributed by atoms with Crippen LogP contribution in [0.3, 0.4) is 0 Å². The summed E-state index contributed by atoms with van der Waals surface area (Å²) >= 11 is 0. The fraction of sp³-hybridized carbons (Fsp3) is 0.421. The normalized spacial score (nSPS) is 28.9. The van der Waals surface area contributed by atoms with Gasteiger partial charge >= 0.3 is 12.1 Å². The van der Waals surface area contributed by atoms with Gasteiger partial charge in [0.2, 0.25) is 0 Å². The van der Waals surface area contributed by atoms with Crippen molar-refractivity contribution in [3.63, 3.8) is 0 Å². The average molecular weight is 356 g/mol. The van der Waals surface area contributed by atoms with Crippen molar-refractivity contribution in [1.29, 1.82) is 5.26 Å². The quantitative estimate of drug-likeness (QED) is 0.775. The Morgan fingerprint density at radius 1 is 1.50 bits per heavy atom. The van der Waals surface area contributed by atoms with Gasteiger partial charge in [-0.05, 0) is 42.0 Å². The number of nitriles is 1. The fourth-order valence-corrected chi connectivity index (χ4v) is 3.84. The van der Waals surface area contributed by atoms with Gasteiger partial charge in [0, 0.05) is 12.5 Å². The molecule has 1 saturated heterocycles. The number of halogens is 1. The summed E-state index contributed by atoms with van der Waals surface area (Å²) in [5.41, 5.74) is 2.25. The van der Waals surface area contributed by atoms with Crippen molar-refractivity contribution in [2.45, 2.75) is 19.4 Å². The highest BCUT2D eigenvalue weighted by atomic mass is 19.1. The molecule has 1 aromatic rings. The van der Waals surface area contributed by atoms with E-state index in [1.807, 2.05) is 0 Å². The molecule has 4 atom stereocenters. The van der Waals surface area contributed by atoms with E-state index in [1.165, 1.54) is 24.0 Å². The Kier molecular flexibility index (Phi) is 3.91. The summed E-state index contributed by atoms with van der Waals surface area (Å²) in [4.78, 5) is 24.6. The van der Waals surface area contributed by atoms with Crippen LogP contribution in [0, 0.1) is 34.9 Å². The summed E-state index contributed by atoms with van der Waals surface area (Å²) in [6.07, 6.45) is 1.64. The molecular formula is C19H17FN2O4. The molecule has 0 N–H and O–H groups in total. The minimum atomic E-state index is -0.590. The maximum absolute atomic E-state index is 13.9. The highest BCUT2D eigenvalue weighted by Gasteiger charge is 2.53. The molecule has 134 valence electrons. The van der Waals surface area contributed by atoms with E-state index in [9.17, 15) is 14.0 Å². The Hall–Kier alpha value is -2.88. The third kappa shape index (κ3) is 2.81. The number of hydrogen-bond donors (Lipinski definition) is 0. The van der Waals surface area contributed by atoms with Gasteiger partial charge in [-0.2, -0.15) is 5.26 Å². The number of fused-ring (bicyclic) bond motifs is 1. The zero-order chi connectivity index (χ0) is 18.4. The van der Waals surface area contributed by atoms with E-state index in [2.05, 4.69) is 12.1 Å². The number of ether oxygens (including phenoxy) is 2. The first-order chi connectivity index (χ1) is 12.5. The highest BCUT2D eigenvalue weighted by molar-refractivity contribution is 5.94. The maximum Gasteiger partial charge on any atom is 0.414 e. The lowest BCUT2D eigenvalue weighted by Crippen LogP contribution is -2.27. The smallest absolute Gasteiger partial charge is 0.414 e. The van der Waals surface area contributed by atoms with Gasteiger partial charge in [0.1, 0.15) is 12.4 Å². The first-order valence-electron chi connectivity index (χ1n) is 8.49. The number of cyclic esters (lactones) is 1. The first kappa shape index (κ1) is 16.6. The molecule has 3 aliphatic rings. The van der Waals surface area contributed by atoms with Crippen LogP contribution >= 0.6 is 0 Å². The van der Waals surface area contributed by atoms with E-state index in [0.717, 1.165) is 17.6 Å². The summed E-state index contributed by atoms with van der Waals surface area (Å²) in [5.74, 6) is -0.232. The van der Waals surface area contributed by atoms with Gasteiger partial charge in [-0.25, -0.2) is 9.18 Å². The van der Waals surface area contributed by atoms with Crippen molar-refractivity contribution in [2.75, 3.05) is 18.1 Å². The summed E-state index contributed by atoms with van der Waals surface area (Å²) in [6.45, 7) is 1.44. The molecular weight excluding hydrogens is 339 g/mol. The summed E-state index contributed by atoms with van der Waals surface area (Å²) < 4.78 is 24.0. The Bertz CT molecular complexity index is 860. The zero-order valence-electron chi connectivity index (χ0n) is 14.1. The molecule has 0 radical (unpaired) electrons. The van der Waals surface area contributed by atoms with E-state index in [-0.39, 0.29) is 25.0 Å². The summed E-state index contributed by atoms with van der Waals surface area (Å²) in [6, 6.07) is 6.64. The lowest BCUT2D eigenvalue weighted by Gasteiger charge is -2.19. The van der Waals surface area contributed by atoms with Crippen molar-refractivity contribution in [2.24, 2.45) is 17.8 Å². The molecule has 2 fully saturated rings. The number of rotatable bonds is 4. The molecule has 1 aromatic carbocycles. The molecule has 2 aliphatic carbocycles. The Morgan fingerprint density at radius 3 is 2.96 bits per heavy atom. The number of amides is 1. The Labute approximate surface area is 149 Å². The van der Waals surface area contributed by atoms with Crippen LogP contribution < -0.4 is 4.90 Å². The van der Waals surface area contributed by atoms with Crippen molar-refractivity contribution >= 4 is 23.3 Å². The van der Waals surface area contributed by atoms with Gasteiger partial charge in [-0.3, -0.25) is 9.69 Å². The third-order valence-electron chi connectivity index (χ3n) is 5.17. The summed E-state index contributed by atoms with van der Waals surface area (Å²) in [7, 11) is 0. The van der Waals surface area contributed by atoms with Crippen molar-refractivity contribution in [3.8, 4) is 6.07 Å². The van der Waals surface area contributed by atoms with Crippen LogP contribution in [0.15, 0.2) is 24.3 Å². The standard InChI is InChI=1S/C19H17FN2O4/c1-10(23)25-9-13-8-22(19(24)26-13)18-6-12(20)2-3-14(18)11-4-15-16(5-11)17(15)7-21/h2-4,6,13,15-17H,5,8-9H2,1H3/t13-,15?,16+,17+/m1/s1. The Balaban J connectivity index is 1.58. The molecule has 1 saturated carbocycles. The van der Waals surface area contributed by atoms with E-state index >= 15 is 0 Å². The first-order valence-corrected chi connectivity index (χ1v) is 8.49. The van der Waals surface area contributed by atoms with Crippen molar-refractivity contribution < 1.29 is 23.5 Å². The molecule has 4 rings (SSSR count). The molecule has 0 bridgehead atoms. The monoisotopic (exact) mass is 356 g/mol. The lowest BCUT2D eigenvalue weighted by atomic mass is 9.98. The number of allylic oxidation sites excluding steroid dienone is 2. The van der Waals surface area contributed by atoms with Crippen LogP contribution in [0.25, 0.3) is 5.57 Å². The number of nitrogens with zero attached hydrogens (tertiary/aromatic N) is 2. The lowest BCUT2D eigenvalue weighted by molar-refractivity contribution is -0.143. The second-order valence-corrected chi connectivity index (χ2v) is 6.87. The van der Waals surface area contributed by atoms with Crippen molar-refractivity contribution in [3.05, 3.63) is 35.7 Å².